The van der Waals surface area contributed by atoms with Gasteiger partial charge < -0.3 is 9.52 Å². The van der Waals surface area contributed by atoms with Gasteiger partial charge in [-0.1, -0.05) is 0 Å². The summed E-state index contributed by atoms with van der Waals surface area (Å²) in [6.45, 7) is 0. The van der Waals surface area contributed by atoms with Gasteiger partial charge in [0.2, 0.25) is 0 Å². The normalized spacial score (nSPS) is 15.9. The predicted octanol–water partition coefficient (Wildman–Crippen LogP) is 3.39. The molecule has 0 aliphatic heterocycles. The molecular formula is C13H9F3O3. The molecule has 3 nitrogen and oxygen atoms in total. The maximum atomic E-state index is 12.9. The van der Waals surface area contributed by atoms with Crippen LogP contribution < -0.4 is 5.63 Å². The zero-order valence-corrected chi connectivity index (χ0v) is 9.62. The Labute approximate surface area is 105 Å². The average molecular weight is 270 g/mol. The molecule has 0 amide bonds. The van der Waals surface area contributed by atoms with Crippen LogP contribution in [0.2, 0.25) is 0 Å². The van der Waals surface area contributed by atoms with Crippen molar-refractivity contribution in [3.05, 3.63) is 39.7 Å². The number of phenols is 1. The molecule has 1 aromatic carbocycles. The van der Waals surface area contributed by atoms with Crippen molar-refractivity contribution in [1.29, 1.82) is 0 Å². The van der Waals surface area contributed by atoms with Crippen molar-refractivity contribution in [3.63, 3.8) is 0 Å². The number of hydrogen-bond acceptors (Lipinski definition) is 3. The molecule has 1 N–H and O–H groups in total. The summed E-state index contributed by atoms with van der Waals surface area (Å²) in [6.07, 6.45) is -3.09. The van der Waals surface area contributed by atoms with Gasteiger partial charge in [-0.15, -0.1) is 0 Å². The average Bonchev–Trinajstić information content (AvgIpc) is 3.10. The van der Waals surface area contributed by atoms with Crippen LogP contribution in [-0.2, 0) is 6.18 Å². The lowest BCUT2D eigenvalue weighted by Crippen LogP contribution is -2.11. The number of phenolic OH excluding ortho intramolecular Hbond substituents is 1. The Morgan fingerprint density at radius 3 is 2.53 bits per heavy atom. The van der Waals surface area contributed by atoms with Crippen molar-refractivity contribution in [3.8, 4) is 5.75 Å². The second-order valence-corrected chi connectivity index (χ2v) is 4.63. The summed E-state index contributed by atoms with van der Waals surface area (Å²) in [7, 11) is 0. The first-order valence-corrected chi connectivity index (χ1v) is 5.75. The van der Waals surface area contributed by atoms with E-state index in [4.69, 9.17) is 4.42 Å². The number of alkyl halides is 3. The molecule has 0 unspecified atom stereocenters. The van der Waals surface area contributed by atoms with Gasteiger partial charge in [-0.05, 0) is 30.9 Å². The Morgan fingerprint density at radius 1 is 1.26 bits per heavy atom. The molecule has 1 aromatic heterocycles. The second kappa shape index (κ2) is 3.76. The maximum Gasteiger partial charge on any atom is 0.417 e. The van der Waals surface area contributed by atoms with E-state index >= 15 is 0 Å². The largest absolute Gasteiger partial charge is 0.508 e. The van der Waals surface area contributed by atoms with Gasteiger partial charge in [0.15, 0.2) is 0 Å². The van der Waals surface area contributed by atoms with Crippen molar-refractivity contribution in [2.24, 2.45) is 0 Å². The smallest absolute Gasteiger partial charge is 0.417 e. The summed E-state index contributed by atoms with van der Waals surface area (Å²) in [5, 5.41) is 9.57. The van der Waals surface area contributed by atoms with Crippen molar-refractivity contribution < 1.29 is 22.7 Å². The van der Waals surface area contributed by atoms with Crippen LogP contribution >= 0.6 is 0 Å². The Morgan fingerprint density at radius 2 is 1.95 bits per heavy atom. The molecular weight excluding hydrogens is 261 g/mol. The summed E-state index contributed by atoms with van der Waals surface area (Å²) in [5.41, 5.74) is -1.93. The molecule has 0 spiro atoms. The van der Waals surface area contributed by atoms with Crippen LogP contribution in [0.1, 0.15) is 29.9 Å². The van der Waals surface area contributed by atoms with Gasteiger partial charge in [0.05, 0.1) is 5.56 Å². The lowest BCUT2D eigenvalue weighted by Gasteiger charge is -2.12. The van der Waals surface area contributed by atoms with Crippen molar-refractivity contribution in [1.82, 2.24) is 0 Å². The number of hydrogen-bond donors (Lipinski definition) is 1. The zero-order chi connectivity index (χ0) is 13.8. The van der Waals surface area contributed by atoms with E-state index in [2.05, 4.69) is 0 Å². The molecule has 0 bridgehead atoms. The van der Waals surface area contributed by atoms with Crippen LogP contribution in [0, 0.1) is 0 Å². The Hall–Kier alpha value is -1.98. The van der Waals surface area contributed by atoms with E-state index in [1.165, 1.54) is 6.07 Å². The number of benzene rings is 1. The quantitative estimate of drug-likeness (QED) is 0.808. The summed E-state index contributed by atoms with van der Waals surface area (Å²) in [5.74, 6) is -0.159. The highest BCUT2D eigenvalue weighted by Crippen LogP contribution is 2.48. The minimum absolute atomic E-state index is 0.0321. The summed E-state index contributed by atoms with van der Waals surface area (Å²) < 4.78 is 43.6. The molecule has 1 aliphatic carbocycles. The van der Waals surface area contributed by atoms with E-state index < -0.39 is 17.4 Å². The zero-order valence-electron chi connectivity index (χ0n) is 9.62. The van der Waals surface area contributed by atoms with Crippen LogP contribution in [0.5, 0.6) is 5.75 Å². The van der Waals surface area contributed by atoms with Crippen LogP contribution in [0.15, 0.2) is 27.4 Å². The number of fused-ring (bicyclic) bond motifs is 1. The van der Waals surface area contributed by atoms with Gasteiger partial charge >= 0.3 is 11.8 Å². The number of aromatic hydroxyl groups is 1. The summed E-state index contributed by atoms with van der Waals surface area (Å²) in [6, 6.07) is 2.78. The van der Waals surface area contributed by atoms with Gasteiger partial charge in [-0.3, -0.25) is 0 Å². The molecule has 6 heteroatoms. The third-order valence-corrected chi connectivity index (χ3v) is 3.22. The number of rotatable bonds is 1. The molecule has 19 heavy (non-hydrogen) atoms. The van der Waals surface area contributed by atoms with E-state index in [1.54, 1.807) is 0 Å². The standard InChI is InChI=1S/C13H9F3O3/c14-13(15,16)8-5-10(18)19-12-7(8)3-4-9(17)11(12)6-1-2-6/h3-6,17H,1-2H2. The second-order valence-electron chi connectivity index (χ2n) is 4.63. The molecule has 1 fully saturated rings. The molecule has 0 saturated heterocycles. The highest BCUT2D eigenvalue weighted by Gasteiger charge is 2.36. The fourth-order valence-corrected chi connectivity index (χ4v) is 2.24. The van der Waals surface area contributed by atoms with E-state index in [9.17, 15) is 23.1 Å². The highest BCUT2D eigenvalue weighted by molar-refractivity contribution is 5.86. The molecule has 1 heterocycles. The van der Waals surface area contributed by atoms with E-state index in [1.807, 2.05) is 0 Å². The minimum Gasteiger partial charge on any atom is -0.508 e. The first-order chi connectivity index (χ1) is 8.88. The van der Waals surface area contributed by atoms with Gasteiger partial charge in [0.1, 0.15) is 11.3 Å². The molecule has 100 valence electrons. The van der Waals surface area contributed by atoms with E-state index in [-0.39, 0.29) is 22.6 Å². The van der Waals surface area contributed by atoms with Crippen LogP contribution in [0.3, 0.4) is 0 Å². The lowest BCUT2D eigenvalue weighted by molar-refractivity contribution is -0.136. The minimum atomic E-state index is -4.63. The van der Waals surface area contributed by atoms with Crippen molar-refractivity contribution in [2.75, 3.05) is 0 Å². The lowest BCUT2D eigenvalue weighted by atomic mass is 10.0. The highest BCUT2D eigenvalue weighted by atomic mass is 19.4. The van der Waals surface area contributed by atoms with Crippen molar-refractivity contribution in [2.45, 2.75) is 24.9 Å². The fraction of sp³-hybridized carbons (Fsp3) is 0.308. The molecule has 0 atom stereocenters. The van der Waals surface area contributed by atoms with E-state index in [0.29, 0.717) is 11.6 Å². The topological polar surface area (TPSA) is 50.4 Å². The van der Waals surface area contributed by atoms with Gasteiger partial charge in [0.25, 0.3) is 0 Å². The first-order valence-electron chi connectivity index (χ1n) is 5.75. The van der Waals surface area contributed by atoms with E-state index in [0.717, 1.165) is 18.9 Å². The predicted molar refractivity (Wildman–Crippen MR) is 61.1 cm³/mol. The number of halogens is 3. The maximum absolute atomic E-state index is 12.9. The Bertz CT molecular complexity index is 711. The molecule has 3 rings (SSSR count). The molecule has 2 aromatic rings. The molecule has 0 radical (unpaired) electrons. The SMILES string of the molecule is O=c1cc(C(F)(F)F)c2ccc(O)c(C3CC3)c2o1. The molecule has 1 saturated carbocycles. The Kier molecular flexibility index (Phi) is 2.39. The van der Waals surface area contributed by atoms with Gasteiger partial charge in [0, 0.05) is 17.0 Å². The van der Waals surface area contributed by atoms with Crippen LogP contribution in [-0.4, -0.2) is 5.11 Å². The van der Waals surface area contributed by atoms with Gasteiger partial charge in [-0.2, -0.15) is 13.2 Å². The van der Waals surface area contributed by atoms with Crippen molar-refractivity contribution >= 4 is 11.0 Å². The Balaban J connectivity index is 2.42. The fourth-order valence-electron chi connectivity index (χ4n) is 2.24. The van der Waals surface area contributed by atoms with Crippen LogP contribution in [0.25, 0.3) is 11.0 Å². The third kappa shape index (κ3) is 1.97. The molecule has 1 aliphatic rings. The third-order valence-electron chi connectivity index (χ3n) is 3.22. The summed E-state index contributed by atoms with van der Waals surface area (Å²) >= 11 is 0. The van der Waals surface area contributed by atoms with Crippen LogP contribution in [0.4, 0.5) is 13.2 Å². The van der Waals surface area contributed by atoms with Gasteiger partial charge in [-0.25, -0.2) is 4.79 Å². The monoisotopic (exact) mass is 270 g/mol. The first kappa shape index (κ1) is 12.1. The summed E-state index contributed by atoms with van der Waals surface area (Å²) in [4.78, 5) is 11.3.